The molecule has 6 nitrogen and oxygen atoms in total. The number of nitrogens with one attached hydrogen (secondary N) is 1. The van der Waals surface area contributed by atoms with E-state index in [4.69, 9.17) is 27.6 Å². The van der Waals surface area contributed by atoms with E-state index in [1.807, 2.05) is 22.8 Å². The molecule has 0 aliphatic rings. The number of halogens is 2. The SMILES string of the molecule is Cc1ccccc1CSc1nnc(CNC(=O)c2ccco2)n1-c1ccc(Cl)cc1Cl. The zero-order valence-electron chi connectivity index (χ0n) is 16.5. The van der Waals surface area contributed by atoms with E-state index in [2.05, 4.69) is 34.6 Å². The molecule has 0 fully saturated rings. The second kappa shape index (κ2) is 9.60. The van der Waals surface area contributed by atoms with Crippen LogP contribution in [0.4, 0.5) is 0 Å². The lowest BCUT2D eigenvalue weighted by Gasteiger charge is -2.13. The Morgan fingerprint density at radius 2 is 1.97 bits per heavy atom. The van der Waals surface area contributed by atoms with E-state index in [1.54, 1.807) is 36.0 Å². The Morgan fingerprint density at radius 3 is 2.71 bits per heavy atom. The fourth-order valence-corrected chi connectivity index (χ4v) is 4.51. The lowest BCUT2D eigenvalue weighted by molar-refractivity contribution is 0.0922. The Hall–Kier alpha value is -2.74. The molecule has 4 aromatic rings. The molecule has 2 heterocycles. The third kappa shape index (κ3) is 4.95. The molecule has 1 N–H and O–H groups in total. The molecule has 2 aromatic heterocycles. The summed E-state index contributed by atoms with van der Waals surface area (Å²) in [7, 11) is 0. The molecule has 9 heteroatoms. The van der Waals surface area contributed by atoms with E-state index in [0.29, 0.717) is 26.7 Å². The van der Waals surface area contributed by atoms with E-state index in [0.717, 1.165) is 5.75 Å². The van der Waals surface area contributed by atoms with Crippen molar-refractivity contribution in [2.24, 2.45) is 0 Å². The maximum atomic E-state index is 12.3. The van der Waals surface area contributed by atoms with Gasteiger partial charge in [-0.1, -0.05) is 59.2 Å². The fraction of sp³-hybridized carbons (Fsp3) is 0.136. The molecule has 31 heavy (non-hydrogen) atoms. The minimum absolute atomic E-state index is 0.149. The van der Waals surface area contributed by atoms with E-state index in [1.165, 1.54) is 17.4 Å². The van der Waals surface area contributed by atoms with Gasteiger partial charge in [-0.2, -0.15) is 0 Å². The van der Waals surface area contributed by atoms with Crippen LogP contribution < -0.4 is 5.32 Å². The van der Waals surface area contributed by atoms with E-state index < -0.39 is 0 Å². The highest BCUT2D eigenvalue weighted by Crippen LogP contribution is 2.31. The Labute approximate surface area is 193 Å². The number of aromatic nitrogens is 3. The van der Waals surface area contributed by atoms with Crippen LogP contribution in [0.1, 0.15) is 27.5 Å². The number of rotatable bonds is 7. The van der Waals surface area contributed by atoms with Crippen LogP contribution in [-0.4, -0.2) is 20.7 Å². The molecule has 0 saturated carbocycles. The van der Waals surface area contributed by atoms with Crippen molar-refractivity contribution in [2.75, 3.05) is 0 Å². The number of amides is 1. The van der Waals surface area contributed by atoms with Crippen molar-refractivity contribution in [2.45, 2.75) is 24.4 Å². The van der Waals surface area contributed by atoms with E-state index in [-0.39, 0.29) is 18.2 Å². The molecule has 0 spiro atoms. The number of thioether (sulfide) groups is 1. The monoisotopic (exact) mass is 472 g/mol. The van der Waals surface area contributed by atoms with Gasteiger partial charge in [0.05, 0.1) is 23.5 Å². The van der Waals surface area contributed by atoms with Gasteiger partial charge in [-0.3, -0.25) is 9.36 Å². The Morgan fingerprint density at radius 1 is 1.13 bits per heavy atom. The van der Waals surface area contributed by atoms with Gasteiger partial charge in [-0.05, 0) is 48.4 Å². The summed E-state index contributed by atoms with van der Waals surface area (Å²) in [6.45, 7) is 2.22. The van der Waals surface area contributed by atoms with Crippen molar-refractivity contribution in [1.82, 2.24) is 20.1 Å². The summed E-state index contributed by atoms with van der Waals surface area (Å²) in [5, 5.41) is 13.1. The van der Waals surface area contributed by atoms with Gasteiger partial charge in [0.25, 0.3) is 5.91 Å². The quantitative estimate of drug-likeness (QED) is 0.349. The Bertz CT molecular complexity index is 1210. The van der Waals surface area contributed by atoms with Crippen LogP contribution in [0.25, 0.3) is 5.69 Å². The predicted octanol–water partition coefficient (Wildman–Crippen LogP) is 5.70. The molecule has 2 aromatic carbocycles. The fourth-order valence-electron chi connectivity index (χ4n) is 2.98. The number of hydrogen-bond donors (Lipinski definition) is 1. The first-order valence-electron chi connectivity index (χ1n) is 9.41. The maximum Gasteiger partial charge on any atom is 0.287 e. The lowest BCUT2D eigenvalue weighted by Crippen LogP contribution is -2.24. The highest BCUT2D eigenvalue weighted by Gasteiger charge is 2.19. The largest absolute Gasteiger partial charge is 0.459 e. The number of carbonyl (C=O) groups is 1. The number of hydrogen-bond acceptors (Lipinski definition) is 5. The van der Waals surface area contributed by atoms with Crippen molar-refractivity contribution in [3.05, 3.63) is 93.6 Å². The molecule has 1 amide bonds. The molecule has 0 bridgehead atoms. The molecule has 0 unspecified atom stereocenters. The zero-order valence-corrected chi connectivity index (χ0v) is 18.8. The molecule has 0 atom stereocenters. The van der Waals surface area contributed by atoms with Gasteiger partial charge < -0.3 is 9.73 Å². The summed E-state index contributed by atoms with van der Waals surface area (Å²) < 4.78 is 6.98. The number of nitrogens with zero attached hydrogens (tertiary/aromatic N) is 3. The third-order valence-electron chi connectivity index (χ3n) is 4.62. The third-order valence-corrected chi connectivity index (χ3v) is 6.14. The molecule has 0 saturated heterocycles. The van der Waals surface area contributed by atoms with Crippen molar-refractivity contribution < 1.29 is 9.21 Å². The molecule has 158 valence electrons. The average Bonchev–Trinajstić information content (AvgIpc) is 3.42. The first-order valence-corrected chi connectivity index (χ1v) is 11.2. The second-order valence-corrected chi connectivity index (χ2v) is 8.49. The van der Waals surface area contributed by atoms with Crippen molar-refractivity contribution in [3.8, 4) is 5.69 Å². The summed E-state index contributed by atoms with van der Waals surface area (Å²) in [4.78, 5) is 12.3. The zero-order chi connectivity index (χ0) is 21.8. The Kier molecular flexibility index (Phi) is 6.65. The number of carbonyl (C=O) groups excluding carboxylic acids is 1. The van der Waals surface area contributed by atoms with Gasteiger partial charge in [-0.25, -0.2) is 0 Å². The summed E-state index contributed by atoms with van der Waals surface area (Å²) >= 11 is 14.1. The van der Waals surface area contributed by atoms with Crippen LogP contribution >= 0.6 is 35.0 Å². The molecule has 0 aliphatic heterocycles. The summed E-state index contributed by atoms with van der Waals surface area (Å²) in [5.74, 6) is 1.14. The van der Waals surface area contributed by atoms with Crippen LogP contribution in [0.15, 0.2) is 70.4 Å². The van der Waals surface area contributed by atoms with Gasteiger partial charge in [0.1, 0.15) is 0 Å². The summed E-state index contributed by atoms with van der Waals surface area (Å²) in [6.07, 6.45) is 1.45. The minimum atomic E-state index is -0.337. The Balaban J connectivity index is 1.63. The molecule has 0 aliphatic carbocycles. The van der Waals surface area contributed by atoms with Gasteiger partial charge in [0.2, 0.25) is 0 Å². The van der Waals surface area contributed by atoms with Gasteiger partial charge in [0, 0.05) is 10.8 Å². The van der Waals surface area contributed by atoms with Gasteiger partial charge in [0.15, 0.2) is 16.7 Å². The highest BCUT2D eigenvalue weighted by molar-refractivity contribution is 7.98. The highest BCUT2D eigenvalue weighted by atomic mass is 35.5. The topological polar surface area (TPSA) is 73.0 Å². The second-order valence-electron chi connectivity index (χ2n) is 6.71. The number of benzene rings is 2. The van der Waals surface area contributed by atoms with Crippen molar-refractivity contribution >= 4 is 40.9 Å². The van der Waals surface area contributed by atoms with Crippen molar-refractivity contribution in [3.63, 3.8) is 0 Å². The molecular weight excluding hydrogens is 455 g/mol. The van der Waals surface area contributed by atoms with E-state index in [9.17, 15) is 4.79 Å². The number of furan rings is 1. The van der Waals surface area contributed by atoms with Gasteiger partial charge >= 0.3 is 0 Å². The summed E-state index contributed by atoms with van der Waals surface area (Å²) in [6, 6.07) is 16.7. The van der Waals surface area contributed by atoms with Crippen LogP contribution in [0, 0.1) is 6.92 Å². The van der Waals surface area contributed by atoms with Crippen LogP contribution in [0.2, 0.25) is 10.0 Å². The van der Waals surface area contributed by atoms with Crippen LogP contribution in [0.3, 0.4) is 0 Å². The van der Waals surface area contributed by atoms with Crippen molar-refractivity contribution in [1.29, 1.82) is 0 Å². The first-order chi connectivity index (χ1) is 15.0. The predicted molar refractivity (Wildman–Crippen MR) is 122 cm³/mol. The normalized spacial score (nSPS) is 10.9. The number of aryl methyl sites for hydroxylation is 1. The standard InChI is InChI=1S/C22H18Cl2N4O2S/c1-14-5-2-3-6-15(14)13-31-22-27-26-20(12-25-21(29)19-7-4-10-30-19)28(22)18-9-8-16(23)11-17(18)24/h2-11H,12-13H2,1H3,(H,25,29). The average molecular weight is 473 g/mol. The van der Waals surface area contributed by atoms with Crippen LogP contribution in [0.5, 0.6) is 0 Å². The lowest BCUT2D eigenvalue weighted by atomic mass is 10.1. The van der Waals surface area contributed by atoms with Gasteiger partial charge in [-0.15, -0.1) is 10.2 Å². The van der Waals surface area contributed by atoms with E-state index >= 15 is 0 Å². The maximum absolute atomic E-state index is 12.3. The van der Waals surface area contributed by atoms with Crippen LogP contribution in [-0.2, 0) is 12.3 Å². The first kappa shape index (κ1) is 21.5. The minimum Gasteiger partial charge on any atom is -0.459 e. The smallest absolute Gasteiger partial charge is 0.287 e. The molecular formula is C22H18Cl2N4O2S. The molecule has 0 radical (unpaired) electrons. The summed E-state index contributed by atoms with van der Waals surface area (Å²) in [5.41, 5.74) is 3.10. The molecule has 4 rings (SSSR count).